The second-order valence-corrected chi connectivity index (χ2v) is 5.80. The summed E-state index contributed by atoms with van der Waals surface area (Å²) in [6.45, 7) is 6.17. The van der Waals surface area contributed by atoms with Gasteiger partial charge in [0.05, 0.1) is 19.8 Å². The molecule has 1 saturated heterocycles. The van der Waals surface area contributed by atoms with Crippen LogP contribution in [0.2, 0.25) is 5.02 Å². The molecule has 0 aliphatic carbocycles. The number of carbonyl (C=O) groups is 1. The number of amides is 1. The molecule has 1 amide bonds. The molecule has 0 radical (unpaired) electrons. The minimum absolute atomic E-state index is 0.0411. The summed E-state index contributed by atoms with van der Waals surface area (Å²) in [5.74, 6) is 0.0411. The van der Waals surface area contributed by atoms with Crippen LogP contribution in [0.15, 0.2) is 24.3 Å². The SMILES string of the molecule is O=C(CNCCc1cccc(Cl)c1)NCCN1CCOCC1. The predicted octanol–water partition coefficient (Wildman–Crippen LogP) is 0.921. The van der Waals surface area contributed by atoms with Gasteiger partial charge in [-0.25, -0.2) is 0 Å². The van der Waals surface area contributed by atoms with Crippen LogP contribution in [-0.4, -0.2) is 63.3 Å². The zero-order chi connectivity index (χ0) is 15.6. The van der Waals surface area contributed by atoms with Crippen LogP contribution in [-0.2, 0) is 16.0 Å². The predicted molar refractivity (Wildman–Crippen MR) is 88.3 cm³/mol. The third kappa shape index (κ3) is 6.75. The van der Waals surface area contributed by atoms with Gasteiger partial charge in [-0.3, -0.25) is 9.69 Å². The molecular formula is C16H24ClN3O2. The zero-order valence-electron chi connectivity index (χ0n) is 12.8. The van der Waals surface area contributed by atoms with Gasteiger partial charge in [-0.05, 0) is 30.7 Å². The quantitative estimate of drug-likeness (QED) is 0.698. The first-order valence-electron chi connectivity index (χ1n) is 7.76. The molecule has 0 saturated carbocycles. The van der Waals surface area contributed by atoms with Crippen molar-refractivity contribution in [1.82, 2.24) is 15.5 Å². The summed E-state index contributed by atoms with van der Waals surface area (Å²) in [4.78, 5) is 14.0. The van der Waals surface area contributed by atoms with E-state index in [4.69, 9.17) is 16.3 Å². The van der Waals surface area contributed by atoms with E-state index in [0.29, 0.717) is 13.1 Å². The molecule has 1 aliphatic rings. The van der Waals surface area contributed by atoms with E-state index >= 15 is 0 Å². The minimum Gasteiger partial charge on any atom is -0.379 e. The van der Waals surface area contributed by atoms with E-state index in [-0.39, 0.29) is 5.91 Å². The lowest BCUT2D eigenvalue weighted by molar-refractivity contribution is -0.120. The molecule has 0 bridgehead atoms. The molecular weight excluding hydrogens is 302 g/mol. The van der Waals surface area contributed by atoms with Gasteiger partial charge < -0.3 is 15.4 Å². The molecule has 122 valence electrons. The Hall–Kier alpha value is -1.14. The Morgan fingerprint density at radius 2 is 2.09 bits per heavy atom. The van der Waals surface area contributed by atoms with Crippen molar-refractivity contribution in [3.8, 4) is 0 Å². The molecule has 1 heterocycles. The highest BCUT2D eigenvalue weighted by Crippen LogP contribution is 2.10. The topological polar surface area (TPSA) is 53.6 Å². The maximum absolute atomic E-state index is 11.7. The minimum atomic E-state index is 0.0411. The summed E-state index contributed by atoms with van der Waals surface area (Å²) >= 11 is 5.93. The number of nitrogens with zero attached hydrogens (tertiary/aromatic N) is 1. The Balaban J connectivity index is 1.50. The molecule has 1 aromatic rings. The molecule has 2 N–H and O–H groups in total. The van der Waals surface area contributed by atoms with E-state index in [9.17, 15) is 4.79 Å². The van der Waals surface area contributed by atoms with Gasteiger partial charge >= 0.3 is 0 Å². The molecule has 1 aromatic carbocycles. The Labute approximate surface area is 137 Å². The van der Waals surface area contributed by atoms with Crippen molar-refractivity contribution in [2.75, 3.05) is 52.5 Å². The van der Waals surface area contributed by atoms with Crippen molar-refractivity contribution in [2.45, 2.75) is 6.42 Å². The van der Waals surface area contributed by atoms with Gasteiger partial charge in [-0.1, -0.05) is 23.7 Å². The van der Waals surface area contributed by atoms with Crippen LogP contribution in [0.25, 0.3) is 0 Å². The van der Waals surface area contributed by atoms with Crippen LogP contribution >= 0.6 is 11.6 Å². The molecule has 22 heavy (non-hydrogen) atoms. The molecule has 0 unspecified atom stereocenters. The van der Waals surface area contributed by atoms with Gasteiger partial charge in [0.1, 0.15) is 0 Å². The number of hydrogen-bond donors (Lipinski definition) is 2. The first-order valence-corrected chi connectivity index (χ1v) is 8.14. The summed E-state index contributed by atoms with van der Waals surface area (Å²) in [5.41, 5.74) is 1.17. The maximum Gasteiger partial charge on any atom is 0.234 e. The fourth-order valence-corrected chi connectivity index (χ4v) is 2.58. The average molecular weight is 326 g/mol. The van der Waals surface area contributed by atoms with Crippen molar-refractivity contribution in [1.29, 1.82) is 0 Å². The van der Waals surface area contributed by atoms with Crippen LogP contribution in [0.3, 0.4) is 0 Å². The Morgan fingerprint density at radius 1 is 1.27 bits per heavy atom. The number of benzene rings is 1. The molecule has 0 atom stereocenters. The smallest absolute Gasteiger partial charge is 0.234 e. The number of morpholine rings is 1. The molecule has 0 spiro atoms. The normalized spacial score (nSPS) is 15.7. The number of rotatable bonds is 8. The van der Waals surface area contributed by atoms with Gasteiger partial charge in [0.15, 0.2) is 0 Å². The number of hydrogen-bond acceptors (Lipinski definition) is 4. The Morgan fingerprint density at radius 3 is 2.86 bits per heavy atom. The van der Waals surface area contributed by atoms with E-state index < -0.39 is 0 Å². The summed E-state index contributed by atoms with van der Waals surface area (Å²) in [6, 6.07) is 7.79. The fraction of sp³-hybridized carbons (Fsp3) is 0.562. The van der Waals surface area contributed by atoms with Crippen LogP contribution in [0.4, 0.5) is 0 Å². The van der Waals surface area contributed by atoms with Crippen molar-refractivity contribution < 1.29 is 9.53 Å². The number of halogens is 1. The number of carbonyl (C=O) groups excluding carboxylic acids is 1. The average Bonchev–Trinajstić information content (AvgIpc) is 2.53. The van der Waals surface area contributed by atoms with Gasteiger partial charge in [-0.2, -0.15) is 0 Å². The number of ether oxygens (including phenoxy) is 1. The zero-order valence-corrected chi connectivity index (χ0v) is 13.6. The molecule has 0 aromatic heterocycles. The van der Waals surface area contributed by atoms with E-state index in [0.717, 1.165) is 50.8 Å². The summed E-state index contributed by atoms with van der Waals surface area (Å²) in [6.07, 6.45) is 0.863. The molecule has 1 aliphatic heterocycles. The summed E-state index contributed by atoms with van der Waals surface area (Å²) < 4.78 is 5.29. The highest BCUT2D eigenvalue weighted by molar-refractivity contribution is 6.30. The third-order valence-corrected chi connectivity index (χ3v) is 3.85. The number of nitrogens with one attached hydrogen (secondary N) is 2. The monoisotopic (exact) mass is 325 g/mol. The van der Waals surface area contributed by atoms with E-state index in [1.54, 1.807) is 0 Å². The van der Waals surface area contributed by atoms with Crippen molar-refractivity contribution in [3.05, 3.63) is 34.9 Å². The molecule has 6 heteroatoms. The van der Waals surface area contributed by atoms with Gasteiger partial charge in [0.25, 0.3) is 0 Å². The van der Waals surface area contributed by atoms with Crippen LogP contribution in [0.1, 0.15) is 5.56 Å². The summed E-state index contributed by atoms with van der Waals surface area (Å²) in [7, 11) is 0. The van der Waals surface area contributed by atoms with Crippen molar-refractivity contribution in [2.24, 2.45) is 0 Å². The first-order chi connectivity index (χ1) is 10.7. The van der Waals surface area contributed by atoms with Gasteiger partial charge in [0, 0.05) is 31.2 Å². The molecule has 1 fully saturated rings. The van der Waals surface area contributed by atoms with Crippen LogP contribution in [0, 0.1) is 0 Å². The largest absolute Gasteiger partial charge is 0.379 e. The van der Waals surface area contributed by atoms with E-state index in [1.807, 2.05) is 24.3 Å². The van der Waals surface area contributed by atoms with E-state index in [2.05, 4.69) is 15.5 Å². The van der Waals surface area contributed by atoms with Crippen LogP contribution < -0.4 is 10.6 Å². The highest BCUT2D eigenvalue weighted by Gasteiger charge is 2.09. The second-order valence-electron chi connectivity index (χ2n) is 5.36. The Kier molecular flexibility index (Phi) is 7.66. The van der Waals surface area contributed by atoms with Crippen molar-refractivity contribution in [3.63, 3.8) is 0 Å². The van der Waals surface area contributed by atoms with Crippen LogP contribution in [0.5, 0.6) is 0 Å². The lowest BCUT2D eigenvalue weighted by Gasteiger charge is -2.26. The lowest BCUT2D eigenvalue weighted by atomic mass is 10.1. The summed E-state index contributed by atoms with van der Waals surface area (Å²) in [5, 5.41) is 6.83. The standard InChI is InChI=1S/C16H24ClN3O2/c17-15-3-1-2-14(12-15)4-5-18-13-16(21)19-6-7-20-8-10-22-11-9-20/h1-3,12,18H,4-11,13H2,(H,19,21). The first kappa shape index (κ1) is 17.2. The van der Waals surface area contributed by atoms with Gasteiger partial charge in [-0.15, -0.1) is 0 Å². The van der Waals surface area contributed by atoms with Crippen molar-refractivity contribution >= 4 is 17.5 Å². The second kappa shape index (κ2) is 9.79. The third-order valence-electron chi connectivity index (χ3n) is 3.62. The lowest BCUT2D eigenvalue weighted by Crippen LogP contribution is -2.43. The fourth-order valence-electron chi connectivity index (χ4n) is 2.37. The maximum atomic E-state index is 11.7. The molecule has 5 nitrogen and oxygen atoms in total. The Bertz CT molecular complexity index is 464. The van der Waals surface area contributed by atoms with E-state index in [1.165, 1.54) is 5.56 Å². The highest BCUT2D eigenvalue weighted by atomic mass is 35.5. The molecule has 2 rings (SSSR count). The van der Waals surface area contributed by atoms with Gasteiger partial charge in [0.2, 0.25) is 5.91 Å².